The molecule has 6 nitrogen and oxygen atoms in total. The van der Waals surface area contributed by atoms with Gasteiger partial charge in [0.2, 0.25) is 5.91 Å². The van der Waals surface area contributed by atoms with E-state index in [2.05, 4.69) is 42.6 Å². The maximum absolute atomic E-state index is 12.4. The van der Waals surface area contributed by atoms with Crippen molar-refractivity contribution in [3.63, 3.8) is 0 Å². The van der Waals surface area contributed by atoms with E-state index < -0.39 is 36.9 Å². The Kier molecular flexibility index (Phi) is 38.6. The Morgan fingerprint density at radius 3 is 1.35 bits per heavy atom. The van der Waals surface area contributed by atoms with Crippen LogP contribution in [-0.4, -0.2) is 57.3 Å². The Bertz CT molecular complexity index is 812. The summed E-state index contributed by atoms with van der Waals surface area (Å²) >= 11 is 0. The molecule has 0 aromatic rings. The highest BCUT2D eigenvalue weighted by atomic mass is 16.3. The fraction of sp³-hybridized carbons (Fsp3) is 0.844. The maximum atomic E-state index is 12.4. The van der Waals surface area contributed by atoms with Crippen LogP contribution in [-0.2, 0) is 4.79 Å². The third-order valence-electron chi connectivity index (χ3n) is 10.1. The van der Waals surface area contributed by atoms with Crippen molar-refractivity contribution in [3.8, 4) is 0 Å². The summed E-state index contributed by atoms with van der Waals surface area (Å²) in [4.78, 5) is 12.4. The number of hydrogen-bond donors (Lipinski definition) is 5. The molecule has 0 saturated carbocycles. The van der Waals surface area contributed by atoms with Crippen molar-refractivity contribution in [1.82, 2.24) is 5.32 Å². The van der Waals surface area contributed by atoms with E-state index in [0.717, 1.165) is 38.5 Å². The summed E-state index contributed by atoms with van der Waals surface area (Å²) in [6.07, 6.45) is 46.6. The Hall–Kier alpha value is -1.47. The zero-order valence-electron chi connectivity index (χ0n) is 33.6. The highest BCUT2D eigenvalue weighted by molar-refractivity contribution is 5.80. The molecule has 0 bridgehead atoms. The van der Waals surface area contributed by atoms with Crippen LogP contribution in [0.1, 0.15) is 213 Å². The van der Waals surface area contributed by atoms with Crippen molar-refractivity contribution in [2.45, 2.75) is 237 Å². The lowest BCUT2D eigenvalue weighted by atomic mass is 10.00. The van der Waals surface area contributed by atoms with Crippen molar-refractivity contribution in [2.24, 2.45) is 0 Å². The van der Waals surface area contributed by atoms with Gasteiger partial charge in [-0.1, -0.05) is 178 Å². The quantitative estimate of drug-likeness (QED) is 0.0321. The number of carbonyl (C=O) groups excluding carboxylic acids is 1. The van der Waals surface area contributed by atoms with E-state index >= 15 is 0 Å². The number of allylic oxidation sites excluding steroid dienone is 6. The van der Waals surface area contributed by atoms with Gasteiger partial charge in [-0.2, -0.15) is 0 Å². The average Bonchev–Trinajstić information content (AvgIpc) is 3.13. The summed E-state index contributed by atoms with van der Waals surface area (Å²) in [6.45, 7) is 3.79. The first-order valence-corrected chi connectivity index (χ1v) is 21.8. The lowest BCUT2D eigenvalue weighted by Gasteiger charge is -2.27. The first-order valence-electron chi connectivity index (χ1n) is 21.8. The minimum absolute atomic E-state index is 0.359. The van der Waals surface area contributed by atoms with Crippen molar-refractivity contribution < 1.29 is 25.2 Å². The van der Waals surface area contributed by atoms with E-state index in [9.17, 15) is 25.2 Å². The molecule has 0 aliphatic heterocycles. The van der Waals surface area contributed by atoms with Gasteiger partial charge in [-0.25, -0.2) is 0 Å². The Balaban J connectivity index is 3.61. The van der Waals surface area contributed by atoms with Gasteiger partial charge in [-0.05, 0) is 71.1 Å². The van der Waals surface area contributed by atoms with Crippen LogP contribution in [0, 0.1) is 0 Å². The average molecular weight is 720 g/mol. The molecule has 4 unspecified atom stereocenters. The van der Waals surface area contributed by atoms with Crippen LogP contribution in [0.15, 0.2) is 36.5 Å². The molecule has 6 heteroatoms. The Morgan fingerprint density at radius 1 is 0.510 bits per heavy atom. The summed E-state index contributed by atoms with van der Waals surface area (Å²) < 4.78 is 0. The van der Waals surface area contributed by atoms with Gasteiger partial charge in [0.15, 0.2) is 0 Å². The second kappa shape index (κ2) is 39.7. The molecule has 51 heavy (non-hydrogen) atoms. The van der Waals surface area contributed by atoms with E-state index in [0.29, 0.717) is 19.3 Å². The smallest absolute Gasteiger partial charge is 0.249 e. The molecule has 0 spiro atoms. The number of amides is 1. The second-order valence-corrected chi connectivity index (χ2v) is 15.0. The minimum atomic E-state index is -1.29. The molecule has 0 rings (SSSR count). The fourth-order valence-corrected chi connectivity index (χ4v) is 6.66. The van der Waals surface area contributed by atoms with E-state index in [4.69, 9.17) is 0 Å². The molecular weight excluding hydrogens is 634 g/mol. The minimum Gasteiger partial charge on any atom is -0.394 e. The maximum Gasteiger partial charge on any atom is 0.249 e. The summed E-state index contributed by atoms with van der Waals surface area (Å²) in [6, 6.07) is -1.01. The Morgan fingerprint density at radius 2 is 0.902 bits per heavy atom. The molecule has 0 aromatic carbocycles. The van der Waals surface area contributed by atoms with Gasteiger partial charge >= 0.3 is 0 Å². The van der Waals surface area contributed by atoms with Gasteiger partial charge < -0.3 is 25.7 Å². The number of nitrogens with one attached hydrogen (secondary N) is 1. The third kappa shape index (κ3) is 34.1. The van der Waals surface area contributed by atoms with Gasteiger partial charge in [0.25, 0.3) is 0 Å². The largest absolute Gasteiger partial charge is 0.394 e. The SMILES string of the molecule is C/C=C/CC/C=C/CCCC(O)C(O)C(CO)NC(=O)C(O)CCCCCCCCCCCCC/C=C\CCCCCCCCCCCCCC. The molecule has 0 saturated heterocycles. The summed E-state index contributed by atoms with van der Waals surface area (Å²) in [5.74, 6) is -0.602. The molecule has 5 N–H and O–H groups in total. The standard InChI is InChI=1S/C45H85NO5/c1-3-5-7-9-11-13-14-15-16-17-18-19-20-21-22-23-24-25-26-27-28-29-30-31-33-35-37-39-43(49)45(51)46-41(40-47)44(50)42(48)38-36-34-32-12-10-8-6-4-2/h4,6,12,21-22,32,41-44,47-50H,3,5,7-11,13-20,23-31,33-40H2,1-2H3,(H,46,51)/b6-4+,22-21-,32-12+. The predicted molar refractivity (Wildman–Crippen MR) is 219 cm³/mol. The topological polar surface area (TPSA) is 110 Å². The van der Waals surface area contributed by atoms with E-state index in [1.807, 2.05) is 13.0 Å². The van der Waals surface area contributed by atoms with Crippen LogP contribution in [0.3, 0.4) is 0 Å². The molecule has 300 valence electrons. The van der Waals surface area contributed by atoms with Crippen molar-refractivity contribution in [1.29, 1.82) is 0 Å². The molecule has 0 heterocycles. The zero-order valence-corrected chi connectivity index (χ0v) is 33.6. The third-order valence-corrected chi connectivity index (χ3v) is 10.1. The number of hydrogen-bond acceptors (Lipinski definition) is 5. The highest BCUT2D eigenvalue weighted by Gasteiger charge is 2.28. The first kappa shape index (κ1) is 49.5. The van der Waals surface area contributed by atoms with E-state index in [-0.39, 0.29) is 0 Å². The summed E-state index contributed by atoms with van der Waals surface area (Å²) in [5.41, 5.74) is 0. The molecule has 0 aromatic heterocycles. The number of aliphatic hydroxyl groups is 4. The summed E-state index contributed by atoms with van der Waals surface area (Å²) in [7, 11) is 0. The second-order valence-electron chi connectivity index (χ2n) is 15.0. The molecule has 0 radical (unpaired) electrons. The molecule has 0 aliphatic rings. The van der Waals surface area contributed by atoms with Crippen molar-refractivity contribution >= 4 is 5.91 Å². The molecule has 0 fully saturated rings. The van der Waals surface area contributed by atoms with Crippen LogP contribution in [0.5, 0.6) is 0 Å². The number of rotatable bonds is 39. The van der Waals surface area contributed by atoms with Crippen LogP contribution >= 0.6 is 0 Å². The van der Waals surface area contributed by atoms with E-state index in [1.165, 1.54) is 141 Å². The highest BCUT2D eigenvalue weighted by Crippen LogP contribution is 2.16. The normalized spacial score (nSPS) is 14.5. The number of aliphatic hydroxyl groups excluding tert-OH is 4. The van der Waals surface area contributed by atoms with E-state index in [1.54, 1.807) is 0 Å². The lowest BCUT2D eigenvalue weighted by molar-refractivity contribution is -0.132. The zero-order chi connectivity index (χ0) is 37.5. The molecule has 0 aliphatic carbocycles. The fourth-order valence-electron chi connectivity index (χ4n) is 6.66. The van der Waals surface area contributed by atoms with Crippen LogP contribution in [0.2, 0.25) is 0 Å². The number of unbranched alkanes of at least 4 members (excludes halogenated alkanes) is 25. The lowest BCUT2D eigenvalue weighted by Crippen LogP contribution is -2.53. The van der Waals surface area contributed by atoms with Crippen molar-refractivity contribution in [2.75, 3.05) is 6.61 Å². The molecular formula is C45H85NO5. The van der Waals surface area contributed by atoms with Gasteiger partial charge in [0.05, 0.1) is 18.8 Å². The van der Waals surface area contributed by atoms with Crippen LogP contribution in [0.25, 0.3) is 0 Å². The summed E-state index contributed by atoms with van der Waals surface area (Å²) in [5, 5.41) is 43.3. The molecule has 4 atom stereocenters. The Labute approximate surface area is 316 Å². The van der Waals surface area contributed by atoms with Crippen LogP contribution in [0.4, 0.5) is 0 Å². The number of carbonyl (C=O) groups is 1. The predicted octanol–water partition coefficient (Wildman–Crippen LogP) is 11.3. The molecule has 1 amide bonds. The van der Waals surface area contributed by atoms with Gasteiger partial charge in [-0.3, -0.25) is 4.79 Å². The van der Waals surface area contributed by atoms with Crippen LogP contribution < -0.4 is 5.32 Å². The van der Waals surface area contributed by atoms with Gasteiger partial charge in [0.1, 0.15) is 12.2 Å². The van der Waals surface area contributed by atoms with Crippen molar-refractivity contribution in [3.05, 3.63) is 36.5 Å². The van der Waals surface area contributed by atoms with Gasteiger partial charge in [-0.15, -0.1) is 0 Å². The monoisotopic (exact) mass is 720 g/mol. The first-order chi connectivity index (χ1) is 25.0. The van der Waals surface area contributed by atoms with Gasteiger partial charge in [0, 0.05) is 0 Å².